The molecule has 8 bridgehead atoms. The number of ether oxygens (including phenoxy) is 4. The smallest absolute Gasteiger partial charge is 0.303 e. The Balaban J connectivity index is 1.31. The molecule has 1 aromatic rings. The van der Waals surface area contributed by atoms with E-state index >= 15 is 0 Å². The number of allylic oxidation sites excluding steroid dienone is 12. The topological polar surface area (TPSA) is 144 Å². The van der Waals surface area contributed by atoms with Crippen molar-refractivity contribution in [2.24, 2.45) is 26.8 Å². The summed E-state index contributed by atoms with van der Waals surface area (Å²) in [6, 6.07) is 8.00. The minimum absolute atomic E-state index is 0.0284. The maximum absolute atomic E-state index is 11.8. The fourth-order valence-corrected chi connectivity index (χ4v) is 8.20. The number of hydrogen-bond donors (Lipinski definition) is 3. The third-order valence-corrected chi connectivity index (χ3v) is 11.2. The zero-order chi connectivity index (χ0) is 38.8. The summed E-state index contributed by atoms with van der Waals surface area (Å²) in [7, 11) is 1.65. The van der Waals surface area contributed by atoms with Gasteiger partial charge in [0.25, 0.3) is 0 Å². The number of rotatable bonds is 15. The van der Waals surface area contributed by atoms with Gasteiger partial charge in [-0.15, -0.1) is 0 Å². The van der Waals surface area contributed by atoms with E-state index in [1.807, 2.05) is 31.2 Å². The fourth-order valence-electron chi connectivity index (χ4n) is 8.20. The van der Waals surface area contributed by atoms with Gasteiger partial charge in [-0.25, -0.2) is 15.0 Å². The van der Waals surface area contributed by atoms with E-state index in [1.54, 1.807) is 7.11 Å². The van der Waals surface area contributed by atoms with Gasteiger partial charge in [-0.1, -0.05) is 32.0 Å². The Morgan fingerprint density at radius 1 is 0.873 bits per heavy atom. The molecule has 0 spiro atoms. The summed E-state index contributed by atoms with van der Waals surface area (Å²) in [5, 5.41) is 24.8. The molecule has 1 aliphatic carbocycles. The summed E-state index contributed by atoms with van der Waals surface area (Å²) in [5.74, 6) is 0.0215. The van der Waals surface area contributed by atoms with E-state index in [4.69, 9.17) is 33.9 Å². The predicted molar refractivity (Wildman–Crippen MR) is 214 cm³/mol. The number of aliphatic imine (C=N–C) groups is 3. The summed E-state index contributed by atoms with van der Waals surface area (Å²) in [5.41, 5.74) is 14.3. The molecule has 0 aromatic heterocycles. The van der Waals surface area contributed by atoms with E-state index in [0.29, 0.717) is 52.5 Å². The molecule has 1 saturated heterocycles. The molecule has 5 heterocycles. The van der Waals surface area contributed by atoms with Crippen LogP contribution in [0.3, 0.4) is 0 Å². The van der Waals surface area contributed by atoms with E-state index in [9.17, 15) is 15.0 Å². The van der Waals surface area contributed by atoms with Gasteiger partial charge in [0.1, 0.15) is 18.1 Å². The van der Waals surface area contributed by atoms with Crippen LogP contribution in [0, 0.1) is 11.8 Å². The van der Waals surface area contributed by atoms with E-state index in [1.165, 1.54) is 0 Å². The van der Waals surface area contributed by atoms with Crippen LogP contribution in [-0.2, 0) is 19.0 Å². The van der Waals surface area contributed by atoms with Gasteiger partial charge in [0.2, 0.25) is 0 Å². The normalized spacial score (nSPS) is 21.6. The van der Waals surface area contributed by atoms with Crippen molar-refractivity contribution in [1.82, 2.24) is 5.32 Å². The maximum Gasteiger partial charge on any atom is 0.303 e. The number of benzene rings is 1. The number of nitrogens with zero attached hydrogens (tertiary/aromatic N) is 3. The Kier molecular flexibility index (Phi) is 11.3. The Bertz CT molecular complexity index is 2150. The summed E-state index contributed by atoms with van der Waals surface area (Å²) < 4.78 is 22.6. The Hall–Kier alpha value is -5.10. The first-order chi connectivity index (χ1) is 26.6. The van der Waals surface area contributed by atoms with Crippen molar-refractivity contribution in [3.63, 3.8) is 0 Å². The van der Waals surface area contributed by atoms with Crippen molar-refractivity contribution in [2.45, 2.75) is 60.3 Å². The van der Waals surface area contributed by atoms with Crippen LogP contribution >= 0.6 is 0 Å². The lowest BCUT2D eigenvalue weighted by Crippen LogP contribution is -2.15. The average molecular weight is 747 g/mol. The Labute approximate surface area is 322 Å². The molecule has 55 heavy (non-hydrogen) atoms. The van der Waals surface area contributed by atoms with E-state index in [-0.39, 0.29) is 24.0 Å². The van der Waals surface area contributed by atoms with Crippen molar-refractivity contribution in [1.29, 1.82) is 0 Å². The Morgan fingerprint density at radius 3 is 2.33 bits per heavy atom. The standard InChI is InChI=1S/C44H50N4O7/c1-7-28-24(2)32-23-37-41(30-10-8-9-11-39(30)55-19-18-54-17-16-53-15-14-52-6)26(4)34(46-37)21-33-25(3)29(12-13-40(50)51)43(47-33)31-20-38(49)42-27(5)35(48-44(31)42)22-36(28)45-32/h8-11,21-23,25,29,47,49H,7,12-20H2,1-6H3,(H,50,51)/t25-,29-/m0/s1. The van der Waals surface area contributed by atoms with Gasteiger partial charge in [-0.3, -0.25) is 4.79 Å². The van der Waals surface area contributed by atoms with Crippen LogP contribution in [0.25, 0.3) is 5.57 Å². The number of nitrogens with one attached hydrogen (secondary N) is 1. The zero-order valence-electron chi connectivity index (χ0n) is 32.5. The van der Waals surface area contributed by atoms with Crippen molar-refractivity contribution in [3.05, 3.63) is 116 Å². The van der Waals surface area contributed by atoms with Gasteiger partial charge in [0, 0.05) is 65.5 Å². The van der Waals surface area contributed by atoms with Crippen LogP contribution in [-0.4, -0.2) is 80.1 Å². The highest BCUT2D eigenvalue weighted by Gasteiger charge is 2.41. The lowest BCUT2D eigenvalue weighted by atomic mass is 9.86. The van der Waals surface area contributed by atoms with E-state index in [2.05, 4.69) is 51.2 Å². The van der Waals surface area contributed by atoms with Gasteiger partial charge in [0.05, 0.1) is 67.3 Å². The third kappa shape index (κ3) is 7.48. The highest BCUT2D eigenvalue weighted by Crippen LogP contribution is 2.47. The highest BCUT2D eigenvalue weighted by molar-refractivity contribution is 6.23. The number of hydrogen-bond acceptors (Lipinski definition) is 10. The van der Waals surface area contributed by atoms with Crippen molar-refractivity contribution < 1.29 is 34.0 Å². The molecule has 11 nitrogen and oxygen atoms in total. The maximum atomic E-state index is 11.8. The van der Waals surface area contributed by atoms with Gasteiger partial charge in [0.15, 0.2) is 0 Å². The van der Waals surface area contributed by atoms with Crippen molar-refractivity contribution in [2.75, 3.05) is 46.8 Å². The number of aliphatic hydroxyl groups excluding tert-OH is 1. The van der Waals surface area contributed by atoms with Crippen molar-refractivity contribution >= 4 is 28.7 Å². The van der Waals surface area contributed by atoms with Crippen LogP contribution in [0.5, 0.6) is 5.75 Å². The minimum Gasteiger partial charge on any atom is -0.511 e. The fraction of sp³-hybridized carbons (Fsp3) is 0.409. The minimum atomic E-state index is -0.839. The molecule has 3 N–H and O–H groups in total. The van der Waals surface area contributed by atoms with Crippen LogP contribution in [0.2, 0.25) is 0 Å². The first kappa shape index (κ1) is 38.2. The molecule has 288 valence electrons. The number of aliphatic hydroxyl groups is 1. The lowest BCUT2D eigenvalue weighted by molar-refractivity contribution is -0.137. The van der Waals surface area contributed by atoms with Gasteiger partial charge >= 0.3 is 5.97 Å². The number of aliphatic carboxylic acids is 1. The summed E-state index contributed by atoms with van der Waals surface area (Å²) >= 11 is 0. The molecule has 0 amide bonds. The molecule has 5 aliphatic heterocycles. The van der Waals surface area contributed by atoms with Crippen LogP contribution in [0.1, 0.15) is 65.9 Å². The number of carboxylic acid groups (broad SMARTS) is 1. The predicted octanol–water partition coefficient (Wildman–Crippen LogP) is 7.74. The second kappa shape index (κ2) is 16.3. The highest BCUT2D eigenvalue weighted by atomic mass is 16.6. The molecule has 0 unspecified atom stereocenters. The quantitative estimate of drug-likeness (QED) is 0.155. The number of carboxylic acids is 1. The summed E-state index contributed by atoms with van der Waals surface area (Å²) in [4.78, 5) is 27.4. The first-order valence-corrected chi connectivity index (χ1v) is 19.2. The third-order valence-electron chi connectivity index (χ3n) is 11.2. The summed E-state index contributed by atoms with van der Waals surface area (Å²) in [6.07, 6.45) is 7.79. The van der Waals surface area contributed by atoms with Gasteiger partial charge in [-0.05, 0) is 80.2 Å². The molecule has 0 radical (unpaired) electrons. The average Bonchev–Trinajstić information content (AvgIpc) is 3.92. The summed E-state index contributed by atoms with van der Waals surface area (Å²) in [6.45, 7) is 13.3. The molecule has 7 rings (SSSR count). The van der Waals surface area contributed by atoms with Crippen molar-refractivity contribution in [3.8, 4) is 5.75 Å². The van der Waals surface area contributed by atoms with Crippen LogP contribution in [0.4, 0.5) is 0 Å². The SMILES string of the molecule is CCC1=C(C)C2=NC1=CC1=C(C)C3=C(O)CC(=C4NC(=CC5=NC(=C2)C(c2ccccc2OCCOCCOCCOC)=C5C)[C@@H](C)[C@@H]4CCC(=O)O)C3=N1. The lowest BCUT2D eigenvalue weighted by Gasteiger charge is -2.17. The number of methoxy groups -OCH3 is 1. The molecule has 1 aromatic carbocycles. The largest absolute Gasteiger partial charge is 0.511 e. The second-order valence-corrected chi connectivity index (χ2v) is 14.5. The van der Waals surface area contributed by atoms with Crippen LogP contribution in [0.15, 0.2) is 125 Å². The first-order valence-electron chi connectivity index (χ1n) is 19.2. The van der Waals surface area contributed by atoms with Crippen LogP contribution < -0.4 is 10.1 Å². The van der Waals surface area contributed by atoms with E-state index < -0.39 is 5.97 Å². The molecular weight excluding hydrogens is 697 g/mol. The number of para-hydroxylation sites is 1. The molecule has 2 atom stereocenters. The molecule has 0 saturated carbocycles. The molecule has 1 fully saturated rings. The van der Waals surface area contributed by atoms with E-state index in [0.717, 1.165) is 102 Å². The molecular formula is C44H50N4O7. The number of fused-ring (bicyclic) bond motifs is 5. The second-order valence-electron chi connectivity index (χ2n) is 14.5. The Morgan fingerprint density at radius 2 is 1.58 bits per heavy atom. The molecule has 11 heteroatoms. The number of carbonyl (C=O) groups is 1. The van der Waals surface area contributed by atoms with Gasteiger partial charge < -0.3 is 34.5 Å². The monoisotopic (exact) mass is 746 g/mol. The van der Waals surface area contributed by atoms with Gasteiger partial charge in [-0.2, -0.15) is 0 Å². The molecule has 6 aliphatic rings. The zero-order valence-corrected chi connectivity index (χ0v) is 32.5.